The molecule has 1 aromatic heterocycles. The minimum atomic E-state index is 0.226. The third-order valence-corrected chi connectivity index (χ3v) is 5.63. The molecule has 24 heavy (non-hydrogen) atoms. The smallest absolute Gasteiger partial charge is 0.222 e. The Morgan fingerprint density at radius 2 is 2.04 bits per heavy atom. The number of nitrogens with one attached hydrogen (secondary N) is 1. The largest absolute Gasteiger partial charge is 0.396 e. The zero-order valence-corrected chi connectivity index (χ0v) is 14.7. The van der Waals surface area contributed by atoms with E-state index in [1.807, 2.05) is 18.1 Å². The summed E-state index contributed by atoms with van der Waals surface area (Å²) >= 11 is 0. The number of hydrogen-bond acceptors (Lipinski definition) is 2. The topological polar surface area (TPSA) is 56.3 Å². The number of para-hydroxylation sites is 1. The van der Waals surface area contributed by atoms with E-state index in [2.05, 4.69) is 30.1 Å². The summed E-state index contributed by atoms with van der Waals surface area (Å²) < 4.78 is 0. The number of benzene rings is 1. The Morgan fingerprint density at radius 3 is 2.75 bits per heavy atom. The second kappa shape index (κ2) is 7.39. The Kier molecular flexibility index (Phi) is 5.24. The van der Waals surface area contributed by atoms with E-state index in [-0.39, 0.29) is 12.5 Å². The third kappa shape index (κ3) is 3.48. The van der Waals surface area contributed by atoms with Crippen LogP contribution in [0.3, 0.4) is 0 Å². The van der Waals surface area contributed by atoms with Gasteiger partial charge in [-0.15, -0.1) is 0 Å². The van der Waals surface area contributed by atoms with Crippen LogP contribution in [0.4, 0.5) is 0 Å². The molecule has 2 aromatic rings. The van der Waals surface area contributed by atoms with Crippen LogP contribution >= 0.6 is 0 Å². The van der Waals surface area contributed by atoms with Crippen molar-refractivity contribution in [3.05, 3.63) is 35.5 Å². The second-order valence-electron chi connectivity index (χ2n) is 7.17. The van der Waals surface area contributed by atoms with Crippen LogP contribution in [-0.2, 0) is 11.2 Å². The number of fused-ring (bicyclic) bond motifs is 1. The predicted octanol–water partition coefficient (Wildman–Crippen LogP) is 3.42. The van der Waals surface area contributed by atoms with E-state index in [0.717, 1.165) is 32.1 Å². The number of carbonyl (C=O) groups is 1. The fourth-order valence-electron chi connectivity index (χ4n) is 3.91. The van der Waals surface area contributed by atoms with Crippen LogP contribution in [-0.4, -0.2) is 40.6 Å². The summed E-state index contributed by atoms with van der Waals surface area (Å²) in [6.45, 7) is 2.38. The fourth-order valence-corrected chi connectivity index (χ4v) is 3.91. The van der Waals surface area contributed by atoms with Crippen molar-refractivity contribution in [1.29, 1.82) is 0 Å². The van der Waals surface area contributed by atoms with Gasteiger partial charge in [0.25, 0.3) is 0 Å². The van der Waals surface area contributed by atoms with Gasteiger partial charge in [-0.1, -0.05) is 18.2 Å². The van der Waals surface area contributed by atoms with Gasteiger partial charge in [0.15, 0.2) is 0 Å². The molecule has 1 amide bonds. The molecule has 1 saturated carbocycles. The molecular weight excluding hydrogens is 300 g/mol. The quantitative estimate of drug-likeness (QED) is 0.883. The van der Waals surface area contributed by atoms with E-state index in [1.54, 1.807) is 0 Å². The van der Waals surface area contributed by atoms with Gasteiger partial charge in [-0.25, -0.2) is 0 Å². The third-order valence-electron chi connectivity index (χ3n) is 5.63. The van der Waals surface area contributed by atoms with Crippen molar-refractivity contribution in [1.82, 2.24) is 9.88 Å². The summed E-state index contributed by atoms with van der Waals surface area (Å²) in [6, 6.07) is 6.64. The molecule has 0 atom stereocenters. The van der Waals surface area contributed by atoms with Crippen molar-refractivity contribution in [2.75, 3.05) is 13.7 Å². The van der Waals surface area contributed by atoms with Gasteiger partial charge in [0, 0.05) is 43.2 Å². The maximum absolute atomic E-state index is 12.6. The standard InChI is InChI=1S/C20H28N2O2/c1-14-4-3-5-18-16(12-21-20(14)18)8-11-19(24)22(2)17-9-6-15(13-23)7-10-17/h3-5,12,15,17,21,23H,6-11,13H2,1-2H3. The molecule has 0 radical (unpaired) electrons. The van der Waals surface area contributed by atoms with E-state index < -0.39 is 0 Å². The lowest BCUT2D eigenvalue weighted by Crippen LogP contribution is -2.39. The van der Waals surface area contributed by atoms with Crippen molar-refractivity contribution < 1.29 is 9.90 Å². The highest BCUT2D eigenvalue weighted by Crippen LogP contribution is 2.27. The highest BCUT2D eigenvalue weighted by atomic mass is 16.3. The maximum Gasteiger partial charge on any atom is 0.222 e. The first-order chi connectivity index (χ1) is 11.6. The normalized spacial score (nSPS) is 21.1. The minimum Gasteiger partial charge on any atom is -0.396 e. The Balaban J connectivity index is 1.57. The monoisotopic (exact) mass is 328 g/mol. The lowest BCUT2D eigenvalue weighted by atomic mass is 9.86. The zero-order chi connectivity index (χ0) is 17.1. The number of aliphatic hydroxyl groups is 1. The van der Waals surface area contributed by atoms with E-state index >= 15 is 0 Å². The van der Waals surface area contributed by atoms with Gasteiger partial charge in [0.2, 0.25) is 5.91 Å². The summed E-state index contributed by atoms with van der Waals surface area (Å²) in [4.78, 5) is 17.8. The molecule has 1 aliphatic carbocycles. The first-order valence-corrected chi connectivity index (χ1v) is 9.02. The molecule has 0 spiro atoms. The molecule has 0 saturated heterocycles. The molecule has 1 fully saturated rings. The number of aromatic nitrogens is 1. The summed E-state index contributed by atoms with van der Waals surface area (Å²) in [6.07, 6.45) is 7.45. The number of hydrogen-bond donors (Lipinski definition) is 2. The second-order valence-corrected chi connectivity index (χ2v) is 7.17. The van der Waals surface area contributed by atoms with Crippen molar-refractivity contribution in [2.24, 2.45) is 5.92 Å². The number of aliphatic hydroxyl groups excluding tert-OH is 1. The van der Waals surface area contributed by atoms with Gasteiger partial charge in [-0.2, -0.15) is 0 Å². The van der Waals surface area contributed by atoms with Crippen LogP contribution in [0.2, 0.25) is 0 Å². The van der Waals surface area contributed by atoms with E-state index in [4.69, 9.17) is 0 Å². The van der Waals surface area contributed by atoms with Gasteiger partial charge < -0.3 is 15.0 Å². The highest BCUT2D eigenvalue weighted by Gasteiger charge is 2.26. The summed E-state index contributed by atoms with van der Waals surface area (Å²) in [5, 5.41) is 10.5. The number of carbonyl (C=O) groups excluding carboxylic acids is 1. The van der Waals surface area contributed by atoms with Gasteiger partial charge in [0.1, 0.15) is 0 Å². The van der Waals surface area contributed by atoms with E-state index in [0.29, 0.717) is 18.4 Å². The van der Waals surface area contributed by atoms with Crippen molar-refractivity contribution in [2.45, 2.75) is 51.5 Å². The van der Waals surface area contributed by atoms with Gasteiger partial charge in [-0.05, 0) is 56.1 Å². The summed E-state index contributed by atoms with van der Waals surface area (Å²) in [5.41, 5.74) is 3.64. The number of H-pyrrole nitrogens is 1. The number of rotatable bonds is 5. The summed E-state index contributed by atoms with van der Waals surface area (Å²) in [5.74, 6) is 0.656. The Bertz CT molecular complexity index is 699. The number of aromatic amines is 1. The SMILES string of the molecule is Cc1cccc2c(CCC(=O)N(C)C3CCC(CO)CC3)c[nH]c12. The number of aryl methyl sites for hydroxylation is 2. The van der Waals surface area contributed by atoms with Crippen LogP contribution in [0, 0.1) is 12.8 Å². The van der Waals surface area contributed by atoms with Crippen molar-refractivity contribution >= 4 is 16.8 Å². The van der Waals surface area contributed by atoms with Crippen LogP contribution < -0.4 is 0 Å². The van der Waals surface area contributed by atoms with Gasteiger partial charge >= 0.3 is 0 Å². The average molecular weight is 328 g/mol. The van der Waals surface area contributed by atoms with Crippen molar-refractivity contribution in [3.63, 3.8) is 0 Å². The molecule has 1 aromatic carbocycles. The van der Waals surface area contributed by atoms with Crippen LogP contribution in [0.25, 0.3) is 10.9 Å². The molecule has 130 valence electrons. The van der Waals surface area contributed by atoms with Crippen LogP contribution in [0.15, 0.2) is 24.4 Å². The molecule has 1 heterocycles. The summed E-state index contributed by atoms with van der Waals surface area (Å²) in [7, 11) is 1.94. The molecule has 2 N–H and O–H groups in total. The Labute approximate surface area is 143 Å². The Morgan fingerprint density at radius 1 is 1.29 bits per heavy atom. The zero-order valence-electron chi connectivity index (χ0n) is 14.7. The lowest BCUT2D eigenvalue weighted by molar-refractivity contribution is -0.132. The van der Waals surface area contributed by atoms with Gasteiger partial charge in [0.05, 0.1) is 0 Å². The van der Waals surface area contributed by atoms with E-state index in [1.165, 1.54) is 22.0 Å². The van der Waals surface area contributed by atoms with E-state index in [9.17, 15) is 9.90 Å². The lowest BCUT2D eigenvalue weighted by Gasteiger charge is -2.34. The molecule has 3 rings (SSSR count). The minimum absolute atomic E-state index is 0.226. The number of amides is 1. The van der Waals surface area contributed by atoms with Crippen LogP contribution in [0.1, 0.15) is 43.2 Å². The van der Waals surface area contributed by atoms with Crippen molar-refractivity contribution in [3.8, 4) is 0 Å². The molecule has 0 unspecified atom stereocenters. The molecule has 0 bridgehead atoms. The Hall–Kier alpha value is -1.81. The molecule has 4 nitrogen and oxygen atoms in total. The van der Waals surface area contributed by atoms with Gasteiger partial charge in [-0.3, -0.25) is 4.79 Å². The maximum atomic E-state index is 12.6. The molecule has 1 aliphatic rings. The van der Waals surface area contributed by atoms with Crippen LogP contribution in [0.5, 0.6) is 0 Å². The fraction of sp³-hybridized carbons (Fsp3) is 0.550. The number of nitrogens with zero attached hydrogens (tertiary/aromatic N) is 1. The predicted molar refractivity (Wildman–Crippen MR) is 97.0 cm³/mol. The molecular formula is C20H28N2O2. The molecule has 4 heteroatoms. The average Bonchev–Trinajstić information content (AvgIpc) is 3.03. The first kappa shape index (κ1) is 17.0. The first-order valence-electron chi connectivity index (χ1n) is 9.02. The highest BCUT2D eigenvalue weighted by molar-refractivity contribution is 5.86. The molecule has 0 aliphatic heterocycles.